The summed E-state index contributed by atoms with van der Waals surface area (Å²) in [5, 5.41) is 30.0. The van der Waals surface area contributed by atoms with Crippen molar-refractivity contribution in [3.63, 3.8) is 0 Å². The van der Waals surface area contributed by atoms with Crippen LogP contribution in [-0.4, -0.2) is 33.6 Å². The second-order valence-corrected chi connectivity index (χ2v) is 6.13. The fraction of sp³-hybridized carbons (Fsp3) is 1.00. The number of hydrogen-bond donors (Lipinski definition) is 3. The molecule has 0 amide bonds. The van der Waals surface area contributed by atoms with Crippen molar-refractivity contribution < 1.29 is 15.3 Å². The lowest BCUT2D eigenvalue weighted by molar-refractivity contribution is -0.0700. The Kier molecular flexibility index (Phi) is 12.5. The van der Waals surface area contributed by atoms with Gasteiger partial charge in [0.15, 0.2) is 0 Å². The van der Waals surface area contributed by atoms with E-state index in [9.17, 15) is 15.3 Å². The van der Waals surface area contributed by atoms with E-state index in [-0.39, 0.29) is 0 Å². The highest BCUT2D eigenvalue weighted by Crippen LogP contribution is 2.21. The molecule has 0 spiro atoms. The van der Waals surface area contributed by atoms with Crippen LogP contribution < -0.4 is 0 Å². The summed E-state index contributed by atoms with van der Waals surface area (Å²) >= 11 is 0. The Hall–Kier alpha value is -0.120. The van der Waals surface area contributed by atoms with E-state index in [1.165, 1.54) is 12.8 Å². The Morgan fingerprint density at radius 3 is 1.90 bits per heavy atom. The van der Waals surface area contributed by atoms with Gasteiger partial charge in [-0.2, -0.15) is 0 Å². The molecule has 20 heavy (non-hydrogen) atoms. The van der Waals surface area contributed by atoms with Gasteiger partial charge in [-0.05, 0) is 18.8 Å². The number of rotatable bonds is 13. The Balaban J connectivity index is 4.00. The summed E-state index contributed by atoms with van der Waals surface area (Å²) in [6.07, 6.45) is 7.41. The van der Waals surface area contributed by atoms with Crippen molar-refractivity contribution in [3.05, 3.63) is 0 Å². The van der Waals surface area contributed by atoms with Crippen LogP contribution in [0.5, 0.6) is 0 Å². The lowest BCUT2D eigenvalue weighted by Gasteiger charge is -2.26. The standard InChI is InChI=1S/C17H36O3/c1-4-7-9-10-12-15(18)17(20)16(19)13-14(6-3)11-8-5-2/h14-20H,4-13H2,1-3H3. The zero-order valence-electron chi connectivity index (χ0n) is 13.7. The van der Waals surface area contributed by atoms with E-state index in [1.54, 1.807) is 0 Å². The third kappa shape index (κ3) is 8.93. The van der Waals surface area contributed by atoms with Crippen molar-refractivity contribution in [3.8, 4) is 0 Å². The largest absolute Gasteiger partial charge is 0.390 e. The van der Waals surface area contributed by atoms with Crippen molar-refractivity contribution in [1.29, 1.82) is 0 Å². The molecular weight excluding hydrogens is 252 g/mol. The van der Waals surface area contributed by atoms with Crippen LogP contribution in [-0.2, 0) is 0 Å². The second-order valence-electron chi connectivity index (χ2n) is 6.13. The van der Waals surface area contributed by atoms with Gasteiger partial charge in [0.25, 0.3) is 0 Å². The summed E-state index contributed by atoms with van der Waals surface area (Å²) in [7, 11) is 0. The number of hydrogen-bond acceptors (Lipinski definition) is 3. The molecule has 0 heterocycles. The topological polar surface area (TPSA) is 60.7 Å². The van der Waals surface area contributed by atoms with Gasteiger partial charge < -0.3 is 15.3 Å². The molecule has 0 rings (SSSR count). The van der Waals surface area contributed by atoms with Gasteiger partial charge in [0.1, 0.15) is 6.10 Å². The first-order valence-corrected chi connectivity index (χ1v) is 8.60. The Labute approximate surface area is 125 Å². The SMILES string of the molecule is CCCCCCC(O)C(O)C(O)CC(CC)CCCC. The molecule has 122 valence electrons. The zero-order valence-corrected chi connectivity index (χ0v) is 13.7. The molecule has 4 unspecified atom stereocenters. The molecule has 0 aromatic carbocycles. The molecule has 0 radical (unpaired) electrons. The molecule has 0 aliphatic rings. The molecule has 0 bridgehead atoms. The normalized spacial score (nSPS) is 17.7. The van der Waals surface area contributed by atoms with Gasteiger partial charge in [0, 0.05) is 0 Å². The van der Waals surface area contributed by atoms with Gasteiger partial charge in [-0.1, -0.05) is 72.1 Å². The molecule has 3 N–H and O–H groups in total. The maximum absolute atomic E-state index is 10.1. The molecule has 0 aromatic heterocycles. The fourth-order valence-electron chi connectivity index (χ4n) is 2.67. The van der Waals surface area contributed by atoms with Crippen LogP contribution in [0.3, 0.4) is 0 Å². The first-order chi connectivity index (χ1) is 9.56. The van der Waals surface area contributed by atoms with Crippen LogP contribution in [0.1, 0.15) is 85.0 Å². The van der Waals surface area contributed by atoms with Crippen LogP contribution in [0.25, 0.3) is 0 Å². The average molecular weight is 288 g/mol. The lowest BCUT2D eigenvalue weighted by Crippen LogP contribution is -2.38. The van der Waals surface area contributed by atoms with E-state index in [1.807, 2.05) is 0 Å². The highest BCUT2D eigenvalue weighted by atomic mass is 16.4. The fourth-order valence-corrected chi connectivity index (χ4v) is 2.67. The van der Waals surface area contributed by atoms with Crippen LogP contribution in [0.15, 0.2) is 0 Å². The number of aliphatic hydroxyl groups excluding tert-OH is 3. The van der Waals surface area contributed by atoms with E-state index < -0.39 is 18.3 Å². The van der Waals surface area contributed by atoms with Crippen molar-refractivity contribution in [1.82, 2.24) is 0 Å². The monoisotopic (exact) mass is 288 g/mol. The molecule has 3 nitrogen and oxygen atoms in total. The summed E-state index contributed by atoms with van der Waals surface area (Å²) < 4.78 is 0. The summed E-state index contributed by atoms with van der Waals surface area (Å²) in [5.41, 5.74) is 0. The molecular formula is C17H36O3. The van der Waals surface area contributed by atoms with E-state index in [4.69, 9.17) is 0 Å². The minimum absolute atomic E-state index is 0.451. The quantitative estimate of drug-likeness (QED) is 0.453. The third-order valence-corrected chi connectivity index (χ3v) is 4.26. The first-order valence-electron chi connectivity index (χ1n) is 8.60. The highest BCUT2D eigenvalue weighted by Gasteiger charge is 2.26. The highest BCUT2D eigenvalue weighted by molar-refractivity contribution is 4.77. The van der Waals surface area contributed by atoms with Crippen LogP contribution >= 0.6 is 0 Å². The summed E-state index contributed by atoms with van der Waals surface area (Å²) in [6, 6.07) is 0. The predicted molar refractivity (Wildman–Crippen MR) is 84.7 cm³/mol. The third-order valence-electron chi connectivity index (χ3n) is 4.26. The Morgan fingerprint density at radius 1 is 0.700 bits per heavy atom. The minimum Gasteiger partial charge on any atom is -0.390 e. The Morgan fingerprint density at radius 2 is 1.35 bits per heavy atom. The van der Waals surface area contributed by atoms with Crippen molar-refractivity contribution in [2.75, 3.05) is 0 Å². The lowest BCUT2D eigenvalue weighted by atomic mass is 9.89. The summed E-state index contributed by atoms with van der Waals surface area (Å²) in [4.78, 5) is 0. The molecule has 0 fully saturated rings. The minimum atomic E-state index is -0.993. The van der Waals surface area contributed by atoms with E-state index >= 15 is 0 Å². The molecule has 0 aliphatic carbocycles. The molecule has 0 aromatic rings. The number of unbranched alkanes of at least 4 members (excludes halogenated alkanes) is 4. The smallest absolute Gasteiger partial charge is 0.106 e. The maximum atomic E-state index is 10.1. The van der Waals surface area contributed by atoms with Gasteiger partial charge in [0.2, 0.25) is 0 Å². The Bertz CT molecular complexity index is 208. The van der Waals surface area contributed by atoms with Gasteiger partial charge >= 0.3 is 0 Å². The van der Waals surface area contributed by atoms with Gasteiger partial charge in [-0.25, -0.2) is 0 Å². The van der Waals surface area contributed by atoms with Gasteiger partial charge in [-0.15, -0.1) is 0 Å². The zero-order chi connectivity index (χ0) is 15.4. The second kappa shape index (κ2) is 12.6. The predicted octanol–water partition coefficient (Wildman–Crippen LogP) is 3.65. The van der Waals surface area contributed by atoms with E-state index in [0.717, 1.165) is 38.5 Å². The summed E-state index contributed by atoms with van der Waals surface area (Å²) in [5.74, 6) is 0.451. The molecule has 0 saturated carbocycles. The number of aliphatic hydroxyl groups is 3. The average Bonchev–Trinajstić information content (AvgIpc) is 2.46. The van der Waals surface area contributed by atoms with Crippen molar-refractivity contribution >= 4 is 0 Å². The van der Waals surface area contributed by atoms with E-state index in [2.05, 4.69) is 20.8 Å². The van der Waals surface area contributed by atoms with Crippen LogP contribution in [0, 0.1) is 5.92 Å². The van der Waals surface area contributed by atoms with E-state index in [0.29, 0.717) is 18.8 Å². The summed E-state index contributed by atoms with van der Waals surface area (Å²) in [6.45, 7) is 6.44. The molecule has 3 heteroatoms. The molecule has 0 aliphatic heterocycles. The van der Waals surface area contributed by atoms with Crippen LogP contribution in [0.2, 0.25) is 0 Å². The van der Waals surface area contributed by atoms with Gasteiger partial charge in [0.05, 0.1) is 12.2 Å². The van der Waals surface area contributed by atoms with Crippen molar-refractivity contribution in [2.45, 2.75) is 103 Å². The molecule has 0 saturated heterocycles. The molecule has 4 atom stereocenters. The van der Waals surface area contributed by atoms with Gasteiger partial charge in [-0.3, -0.25) is 0 Å². The first kappa shape index (κ1) is 19.9. The van der Waals surface area contributed by atoms with Crippen molar-refractivity contribution in [2.24, 2.45) is 5.92 Å². The van der Waals surface area contributed by atoms with Crippen LogP contribution in [0.4, 0.5) is 0 Å². The maximum Gasteiger partial charge on any atom is 0.106 e.